The predicted octanol–water partition coefficient (Wildman–Crippen LogP) is 2.43. The first-order valence-corrected chi connectivity index (χ1v) is 6.86. The molecule has 2 rings (SSSR count). The van der Waals surface area contributed by atoms with E-state index < -0.39 is 5.60 Å². The van der Waals surface area contributed by atoms with Gasteiger partial charge in [-0.2, -0.15) is 0 Å². The number of hydrogen-bond acceptors (Lipinski definition) is 3. The van der Waals surface area contributed by atoms with Crippen molar-refractivity contribution >= 4 is 17.2 Å². The van der Waals surface area contributed by atoms with Gasteiger partial charge in [-0.3, -0.25) is 4.79 Å². The fourth-order valence-electron chi connectivity index (χ4n) is 2.44. The topological polar surface area (TPSA) is 40.5 Å². The van der Waals surface area contributed by atoms with Gasteiger partial charge in [-0.05, 0) is 31.9 Å². The number of nitrogens with zero attached hydrogens (tertiary/aromatic N) is 1. The number of amides is 1. The van der Waals surface area contributed by atoms with Gasteiger partial charge in [0.05, 0.1) is 10.5 Å². The minimum Gasteiger partial charge on any atom is -0.388 e. The molecule has 0 bridgehead atoms. The maximum Gasteiger partial charge on any atom is 0.263 e. The van der Waals surface area contributed by atoms with E-state index in [1.807, 2.05) is 19.1 Å². The molecule has 1 aliphatic carbocycles. The third kappa shape index (κ3) is 2.87. The van der Waals surface area contributed by atoms with E-state index in [4.69, 9.17) is 0 Å². The summed E-state index contributed by atoms with van der Waals surface area (Å²) in [7, 11) is 1.77. The van der Waals surface area contributed by atoms with Crippen LogP contribution in [-0.4, -0.2) is 35.1 Å². The molecule has 0 spiro atoms. The lowest BCUT2D eigenvalue weighted by Gasteiger charge is -2.28. The van der Waals surface area contributed by atoms with Gasteiger partial charge in [-0.25, -0.2) is 0 Å². The van der Waals surface area contributed by atoms with Crippen molar-refractivity contribution in [2.75, 3.05) is 13.6 Å². The summed E-state index contributed by atoms with van der Waals surface area (Å²) in [5, 5.41) is 10.3. The molecule has 0 radical (unpaired) electrons. The second-order valence-corrected chi connectivity index (χ2v) is 6.29. The Morgan fingerprint density at radius 1 is 1.47 bits per heavy atom. The van der Waals surface area contributed by atoms with Crippen LogP contribution < -0.4 is 0 Å². The van der Waals surface area contributed by atoms with Gasteiger partial charge in [0.25, 0.3) is 5.91 Å². The number of aryl methyl sites for hydroxylation is 1. The van der Waals surface area contributed by atoms with Crippen LogP contribution in [0.1, 0.15) is 40.2 Å². The van der Waals surface area contributed by atoms with Crippen LogP contribution in [0.2, 0.25) is 0 Å². The highest BCUT2D eigenvalue weighted by Crippen LogP contribution is 2.30. The van der Waals surface area contributed by atoms with Crippen molar-refractivity contribution in [3.63, 3.8) is 0 Å². The van der Waals surface area contributed by atoms with Gasteiger partial charge in [0.15, 0.2) is 0 Å². The maximum absolute atomic E-state index is 12.1. The molecule has 0 aromatic carbocycles. The third-order valence-electron chi connectivity index (χ3n) is 3.36. The molecule has 1 heterocycles. The summed E-state index contributed by atoms with van der Waals surface area (Å²) >= 11 is 1.51. The lowest BCUT2D eigenvalue weighted by atomic mass is 10.0. The Morgan fingerprint density at radius 3 is 2.65 bits per heavy atom. The van der Waals surface area contributed by atoms with Crippen molar-refractivity contribution in [1.29, 1.82) is 0 Å². The summed E-state index contributed by atoms with van der Waals surface area (Å²) in [5.41, 5.74) is -0.656. The molecule has 4 heteroatoms. The summed E-state index contributed by atoms with van der Waals surface area (Å²) in [6.07, 6.45) is 3.76. The summed E-state index contributed by atoms with van der Waals surface area (Å²) in [6.45, 7) is 2.44. The molecule has 1 N–H and O–H groups in total. The molecule has 0 atom stereocenters. The average Bonchev–Trinajstić information content (AvgIpc) is 2.86. The minimum absolute atomic E-state index is 0.0171. The molecule has 94 valence electrons. The van der Waals surface area contributed by atoms with Crippen molar-refractivity contribution in [2.45, 2.75) is 38.2 Å². The van der Waals surface area contributed by atoms with Gasteiger partial charge >= 0.3 is 0 Å². The zero-order valence-corrected chi connectivity index (χ0v) is 11.2. The highest BCUT2D eigenvalue weighted by Gasteiger charge is 2.33. The highest BCUT2D eigenvalue weighted by atomic mass is 32.1. The second-order valence-electron chi connectivity index (χ2n) is 5.00. The number of likely N-dealkylation sites (N-methyl/N-ethyl adjacent to an activating group) is 1. The average molecular weight is 253 g/mol. The van der Waals surface area contributed by atoms with Crippen LogP contribution in [0, 0.1) is 6.92 Å². The van der Waals surface area contributed by atoms with E-state index in [0.717, 1.165) is 35.4 Å². The zero-order valence-electron chi connectivity index (χ0n) is 10.4. The van der Waals surface area contributed by atoms with Crippen molar-refractivity contribution in [3.8, 4) is 0 Å². The van der Waals surface area contributed by atoms with Crippen LogP contribution in [0.15, 0.2) is 12.1 Å². The fraction of sp³-hybridized carbons (Fsp3) is 0.615. The van der Waals surface area contributed by atoms with E-state index >= 15 is 0 Å². The molecule has 0 unspecified atom stereocenters. The number of rotatable bonds is 3. The van der Waals surface area contributed by atoms with Gasteiger partial charge in [0, 0.05) is 18.5 Å². The van der Waals surface area contributed by atoms with E-state index in [0.29, 0.717) is 6.54 Å². The molecule has 17 heavy (non-hydrogen) atoms. The Hall–Kier alpha value is -0.870. The minimum atomic E-state index is -0.656. The van der Waals surface area contributed by atoms with Crippen molar-refractivity contribution in [1.82, 2.24) is 4.90 Å². The summed E-state index contributed by atoms with van der Waals surface area (Å²) in [4.78, 5) is 15.7. The fourth-order valence-corrected chi connectivity index (χ4v) is 3.30. The van der Waals surface area contributed by atoms with Crippen molar-refractivity contribution in [2.24, 2.45) is 0 Å². The Labute approximate surface area is 106 Å². The van der Waals surface area contributed by atoms with Crippen LogP contribution in [0.5, 0.6) is 0 Å². The molecule has 1 fully saturated rings. The number of carbonyl (C=O) groups is 1. The van der Waals surface area contributed by atoms with Gasteiger partial charge in [0.1, 0.15) is 0 Å². The summed E-state index contributed by atoms with van der Waals surface area (Å²) < 4.78 is 0. The third-order valence-corrected chi connectivity index (χ3v) is 4.35. The van der Waals surface area contributed by atoms with E-state index in [2.05, 4.69) is 0 Å². The summed E-state index contributed by atoms with van der Waals surface area (Å²) in [6, 6.07) is 3.81. The van der Waals surface area contributed by atoms with Gasteiger partial charge in [-0.15, -0.1) is 11.3 Å². The van der Waals surface area contributed by atoms with Crippen molar-refractivity contribution in [3.05, 3.63) is 21.9 Å². The number of thiophene rings is 1. The first kappa shape index (κ1) is 12.6. The lowest BCUT2D eigenvalue weighted by molar-refractivity contribution is 0.0158. The number of aliphatic hydroxyl groups is 1. The standard InChI is InChI=1S/C13H19NO2S/c1-10-5-6-11(17-10)12(15)14(2)9-13(16)7-3-4-8-13/h5-6,16H,3-4,7-9H2,1-2H3. The summed E-state index contributed by atoms with van der Waals surface area (Å²) in [5.74, 6) is 0.0171. The Morgan fingerprint density at radius 2 is 2.12 bits per heavy atom. The van der Waals surface area contributed by atoms with E-state index in [9.17, 15) is 9.90 Å². The molecule has 1 aromatic rings. The van der Waals surface area contributed by atoms with Crippen LogP contribution in [-0.2, 0) is 0 Å². The van der Waals surface area contributed by atoms with Crippen LogP contribution >= 0.6 is 11.3 Å². The number of carbonyl (C=O) groups excluding carboxylic acids is 1. The van der Waals surface area contributed by atoms with E-state index in [-0.39, 0.29) is 5.91 Å². The van der Waals surface area contributed by atoms with Crippen LogP contribution in [0.3, 0.4) is 0 Å². The lowest BCUT2D eigenvalue weighted by Crippen LogP contribution is -2.41. The molecule has 0 saturated heterocycles. The molecule has 3 nitrogen and oxygen atoms in total. The monoisotopic (exact) mass is 253 g/mol. The van der Waals surface area contributed by atoms with Gasteiger partial charge in [0.2, 0.25) is 0 Å². The smallest absolute Gasteiger partial charge is 0.263 e. The highest BCUT2D eigenvalue weighted by molar-refractivity contribution is 7.13. The maximum atomic E-state index is 12.1. The number of hydrogen-bond donors (Lipinski definition) is 1. The van der Waals surface area contributed by atoms with E-state index in [1.165, 1.54) is 11.3 Å². The van der Waals surface area contributed by atoms with Crippen molar-refractivity contribution < 1.29 is 9.90 Å². The molecular formula is C13H19NO2S. The van der Waals surface area contributed by atoms with Crippen LogP contribution in [0.4, 0.5) is 0 Å². The second kappa shape index (κ2) is 4.78. The largest absolute Gasteiger partial charge is 0.388 e. The first-order valence-electron chi connectivity index (χ1n) is 6.04. The molecule has 1 aliphatic rings. The Balaban J connectivity index is 2.00. The van der Waals surface area contributed by atoms with E-state index in [1.54, 1.807) is 11.9 Å². The van der Waals surface area contributed by atoms with Crippen LogP contribution in [0.25, 0.3) is 0 Å². The predicted molar refractivity (Wildman–Crippen MR) is 69.4 cm³/mol. The SMILES string of the molecule is Cc1ccc(C(=O)N(C)CC2(O)CCCC2)s1. The zero-order chi connectivity index (χ0) is 12.5. The van der Waals surface area contributed by atoms with Gasteiger partial charge < -0.3 is 10.0 Å². The Bertz CT molecular complexity index is 407. The molecule has 0 aliphatic heterocycles. The quantitative estimate of drug-likeness (QED) is 0.898. The Kier molecular flexibility index (Phi) is 3.54. The molecule has 1 aromatic heterocycles. The normalized spacial score (nSPS) is 18.3. The molecule has 1 amide bonds. The van der Waals surface area contributed by atoms with Gasteiger partial charge in [-0.1, -0.05) is 12.8 Å². The first-order chi connectivity index (χ1) is 8.00. The molecular weight excluding hydrogens is 234 g/mol. The molecule has 1 saturated carbocycles.